The van der Waals surface area contributed by atoms with E-state index in [9.17, 15) is 4.79 Å². The standard InChI is InChI=1S/C14H23N3O2S/c1-14(2,3)8-10-9-20-12(15-10)16-13(19)17(6-7-18)11-4-5-11/h9,11,18H,4-8H2,1-3H3,(H,15,16,19). The third kappa shape index (κ3) is 4.45. The van der Waals surface area contributed by atoms with E-state index in [0.29, 0.717) is 11.7 Å². The van der Waals surface area contributed by atoms with Crippen molar-refractivity contribution < 1.29 is 9.90 Å². The van der Waals surface area contributed by atoms with Gasteiger partial charge in [-0.3, -0.25) is 5.32 Å². The Labute approximate surface area is 124 Å². The average Bonchev–Trinajstić information content (AvgIpc) is 3.07. The van der Waals surface area contributed by atoms with Crippen LogP contribution < -0.4 is 5.32 Å². The van der Waals surface area contributed by atoms with Crippen LogP contribution in [0.4, 0.5) is 9.93 Å². The van der Waals surface area contributed by atoms with E-state index < -0.39 is 0 Å². The highest BCUT2D eigenvalue weighted by Crippen LogP contribution is 2.28. The van der Waals surface area contributed by atoms with Crippen LogP contribution in [0.5, 0.6) is 0 Å². The maximum atomic E-state index is 12.1. The average molecular weight is 297 g/mol. The number of carbonyl (C=O) groups excluding carboxylic acids is 1. The molecule has 1 fully saturated rings. The number of carbonyl (C=O) groups is 1. The smallest absolute Gasteiger partial charge is 0.323 e. The second kappa shape index (κ2) is 6.10. The highest BCUT2D eigenvalue weighted by atomic mass is 32.1. The molecule has 0 aliphatic heterocycles. The van der Waals surface area contributed by atoms with E-state index >= 15 is 0 Å². The van der Waals surface area contributed by atoms with Crippen molar-refractivity contribution in [3.63, 3.8) is 0 Å². The fourth-order valence-electron chi connectivity index (χ4n) is 2.10. The number of aliphatic hydroxyl groups is 1. The molecule has 20 heavy (non-hydrogen) atoms. The van der Waals surface area contributed by atoms with Crippen LogP contribution in [0.1, 0.15) is 39.3 Å². The molecular weight excluding hydrogens is 274 g/mol. The summed E-state index contributed by atoms with van der Waals surface area (Å²) in [6.45, 7) is 6.88. The van der Waals surface area contributed by atoms with E-state index in [1.807, 2.05) is 5.38 Å². The summed E-state index contributed by atoms with van der Waals surface area (Å²) >= 11 is 1.45. The lowest BCUT2D eigenvalue weighted by molar-refractivity contribution is 0.185. The molecule has 2 rings (SSSR count). The van der Waals surface area contributed by atoms with Crippen LogP contribution in [0.2, 0.25) is 0 Å². The Balaban J connectivity index is 1.93. The number of anilines is 1. The van der Waals surface area contributed by atoms with Crippen molar-refractivity contribution >= 4 is 22.5 Å². The summed E-state index contributed by atoms with van der Waals surface area (Å²) in [5.74, 6) is 0. The number of nitrogens with one attached hydrogen (secondary N) is 1. The summed E-state index contributed by atoms with van der Waals surface area (Å²) in [6, 6.07) is 0.134. The van der Waals surface area contributed by atoms with E-state index in [1.165, 1.54) is 11.3 Å². The van der Waals surface area contributed by atoms with Crippen LogP contribution in [0.25, 0.3) is 0 Å². The second-order valence-corrected chi connectivity index (χ2v) is 7.32. The molecule has 0 radical (unpaired) electrons. The third-order valence-corrected chi connectivity index (χ3v) is 3.87. The van der Waals surface area contributed by atoms with Gasteiger partial charge in [0.15, 0.2) is 5.13 Å². The Hall–Kier alpha value is -1.14. The molecule has 0 unspecified atom stereocenters. The van der Waals surface area contributed by atoms with E-state index in [-0.39, 0.29) is 24.1 Å². The number of urea groups is 1. The number of rotatable bonds is 5. The quantitative estimate of drug-likeness (QED) is 0.878. The summed E-state index contributed by atoms with van der Waals surface area (Å²) < 4.78 is 0. The van der Waals surface area contributed by atoms with Crippen LogP contribution in [-0.4, -0.2) is 40.2 Å². The molecule has 0 spiro atoms. The van der Waals surface area contributed by atoms with Gasteiger partial charge in [0.2, 0.25) is 0 Å². The van der Waals surface area contributed by atoms with Crippen molar-refractivity contribution in [1.29, 1.82) is 0 Å². The molecule has 5 nitrogen and oxygen atoms in total. The van der Waals surface area contributed by atoms with Crippen molar-refractivity contribution in [3.05, 3.63) is 11.1 Å². The molecule has 1 saturated carbocycles. The van der Waals surface area contributed by atoms with Crippen LogP contribution in [-0.2, 0) is 6.42 Å². The summed E-state index contributed by atoms with van der Waals surface area (Å²) in [6.07, 6.45) is 2.95. The number of aromatic nitrogens is 1. The number of nitrogens with zero attached hydrogens (tertiary/aromatic N) is 2. The number of hydrogen-bond donors (Lipinski definition) is 2. The van der Waals surface area contributed by atoms with Gasteiger partial charge >= 0.3 is 6.03 Å². The van der Waals surface area contributed by atoms with Crippen LogP contribution in [0.3, 0.4) is 0 Å². The van der Waals surface area contributed by atoms with Gasteiger partial charge in [0, 0.05) is 18.0 Å². The molecular formula is C14H23N3O2S. The largest absolute Gasteiger partial charge is 0.395 e. The molecule has 1 aliphatic carbocycles. The third-order valence-electron chi connectivity index (χ3n) is 3.07. The molecule has 2 amide bonds. The monoisotopic (exact) mass is 297 g/mol. The van der Waals surface area contributed by atoms with Crippen molar-refractivity contribution in [2.45, 2.75) is 46.1 Å². The molecule has 6 heteroatoms. The van der Waals surface area contributed by atoms with Crippen molar-refractivity contribution in [2.24, 2.45) is 5.41 Å². The molecule has 1 aromatic rings. The zero-order chi connectivity index (χ0) is 14.8. The summed E-state index contributed by atoms with van der Waals surface area (Å²) in [7, 11) is 0. The highest BCUT2D eigenvalue weighted by molar-refractivity contribution is 7.13. The Morgan fingerprint density at radius 2 is 2.25 bits per heavy atom. The minimum atomic E-state index is -0.154. The van der Waals surface area contributed by atoms with Gasteiger partial charge in [0.1, 0.15) is 0 Å². The summed E-state index contributed by atoms with van der Waals surface area (Å²) in [4.78, 5) is 18.3. The van der Waals surface area contributed by atoms with Gasteiger partial charge in [-0.2, -0.15) is 0 Å². The maximum Gasteiger partial charge on any atom is 0.323 e. The Bertz CT molecular complexity index is 463. The molecule has 1 heterocycles. The van der Waals surface area contributed by atoms with E-state index in [1.54, 1.807) is 4.90 Å². The predicted molar refractivity (Wildman–Crippen MR) is 81.1 cm³/mol. The van der Waals surface area contributed by atoms with E-state index in [2.05, 4.69) is 31.1 Å². The molecule has 1 aromatic heterocycles. The normalized spacial score (nSPS) is 15.2. The van der Waals surface area contributed by atoms with Crippen LogP contribution >= 0.6 is 11.3 Å². The van der Waals surface area contributed by atoms with Crippen molar-refractivity contribution in [1.82, 2.24) is 9.88 Å². The lowest BCUT2D eigenvalue weighted by Crippen LogP contribution is -2.38. The Kier molecular flexibility index (Phi) is 4.65. The van der Waals surface area contributed by atoms with Gasteiger partial charge in [0.25, 0.3) is 0 Å². The van der Waals surface area contributed by atoms with Crippen LogP contribution in [0, 0.1) is 5.41 Å². The molecule has 0 saturated heterocycles. The van der Waals surface area contributed by atoms with Gasteiger partial charge in [0.05, 0.1) is 12.3 Å². The van der Waals surface area contributed by atoms with E-state index in [0.717, 1.165) is 25.0 Å². The molecule has 0 atom stereocenters. The molecule has 1 aliphatic rings. The number of thiazole rings is 1. The van der Waals surface area contributed by atoms with Gasteiger partial charge < -0.3 is 10.0 Å². The first-order valence-electron chi connectivity index (χ1n) is 7.02. The number of aliphatic hydroxyl groups excluding tert-OH is 1. The fourth-order valence-corrected chi connectivity index (χ4v) is 2.80. The van der Waals surface area contributed by atoms with Gasteiger partial charge in [-0.15, -0.1) is 11.3 Å². The zero-order valence-electron chi connectivity index (χ0n) is 12.3. The highest BCUT2D eigenvalue weighted by Gasteiger charge is 2.32. The topological polar surface area (TPSA) is 65.5 Å². The number of hydrogen-bond acceptors (Lipinski definition) is 4. The Morgan fingerprint density at radius 3 is 2.80 bits per heavy atom. The zero-order valence-corrected chi connectivity index (χ0v) is 13.2. The summed E-state index contributed by atoms with van der Waals surface area (Å²) in [5, 5.41) is 14.5. The van der Waals surface area contributed by atoms with Gasteiger partial charge in [-0.25, -0.2) is 9.78 Å². The SMILES string of the molecule is CC(C)(C)Cc1csc(NC(=O)N(CCO)C2CC2)n1. The minimum absolute atomic E-state index is 0.00291. The lowest BCUT2D eigenvalue weighted by Gasteiger charge is -2.20. The number of amides is 2. The van der Waals surface area contributed by atoms with Crippen LogP contribution in [0.15, 0.2) is 5.38 Å². The maximum absolute atomic E-state index is 12.1. The molecule has 2 N–H and O–H groups in total. The van der Waals surface area contributed by atoms with E-state index in [4.69, 9.17) is 5.11 Å². The Morgan fingerprint density at radius 1 is 1.55 bits per heavy atom. The van der Waals surface area contributed by atoms with Crippen molar-refractivity contribution in [3.8, 4) is 0 Å². The lowest BCUT2D eigenvalue weighted by atomic mass is 9.91. The first-order chi connectivity index (χ1) is 9.39. The second-order valence-electron chi connectivity index (χ2n) is 6.46. The first kappa shape index (κ1) is 15.3. The van der Waals surface area contributed by atoms with Gasteiger partial charge in [-0.05, 0) is 24.7 Å². The molecule has 0 bridgehead atoms. The minimum Gasteiger partial charge on any atom is -0.395 e. The predicted octanol–water partition coefficient (Wildman–Crippen LogP) is 2.72. The van der Waals surface area contributed by atoms with Crippen molar-refractivity contribution in [2.75, 3.05) is 18.5 Å². The van der Waals surface area contributed by atoms with Gasteiger partial charge in [-0.1, -0.05) is 20.8 Å². The summed E-state index contributed by atoms with van der Waals surface area (Å²) in [5.41, 5.74) is 1.20. The fraction of sp³-hybridized carbons (Fsp3) is 0.714. The molecule has 0 aromatic carbocycles. The first-order valence-corrected chi connectivity index (χ1v) is 7.90. The molecule has 112 valence electrons.